The van der Waals surface area contributed by atoms with E-state index in [1.807, 2.05) is 47.4 Å². The Morgan fingerprint density at radius 2 is 1.76 bits per heavy atom. The maximum Gasteiger partial charge on any atom is 0.354 e. The largest absolute Gasteiger partial charge is 0.423 e. The topological polar surface area (TPSA) is 71.7 Å². The molecule has 7 nitrogen and oxygen atoms in total. The van der Waals surface area contributed by atoms with Crippen molar-refractivity contribution in [1.29, 1.82) is 0 Å². The highest BCUT2D eigenvalue weighted by atomic mass is 16.7. The van der Waals surface area contributed by atoms with Crippen LogP contribution in [-0.4, -0.2) is 38.8 Å². The molecular weight excluding hydrogens is 512 g/mol. The molecule has 2 bridgehead atoms. The van der Waals surface area contributed by atoms with E-state index >= 15 is 0 Å². The van der Waals surface area contributed by atoms with Gasteiger partial charge in [0.1, 0.15) is 6.04 Å². The summed E-state index contributed by atoms with van der Waals surface area (Å²) >= 11 is 0. The van der Waals surface area contributed by atoms with Crippen LogP contribution in [0.1, 0.15) is 121 Å². The summed E-state index contributed by atoms with van der Waals surface area (Å²) in [5.74, 6) is 3.68. The average Bonchev–Trinajstić information content (AvgIpc) is 3.40. The summed E-state index contributed by atoms with van der Waals surface area (Å²) in [6.45, 7) is 3.09. The van der Waals surface area contributed by atoms with Gasteiger partial charge in [0.2, 0.25) is 11.8 Å². The molecule has 3 aliphatic carbocycles. The Labute approximate surface area is 245 Å². The van der Waals surface area contributed by atoms with Crippen molar-refractivity contribution in [3.05, 3.63) is 60.1 Å². The number of urea groups is 1. The quantitative estimate of drug-likeness (QED) is 0.269. The third-order valence-corrected chi connectivity index (χ3v) is 10.1. The normalized spacial score (nSPS) is 28.3. The van der Waals surface area contributed by atoms with Gasteiger partial charge in [-0.15, -0.1) is 10.2 Å². The van der Waals surface area contributed by atoms with Gasteiger partial charge >= 0.3 is 6.03 Å². The first-order valence-corrected chi connectivity index (χ1v) is 16.4. The highest BCUT2D eigenvalue weighted by Gasteiger charge is 2.64. The molecule has 222 valence electrons. The fourth-order valence-electron chi connectivity index (χ4n) is 7.59. The highest BCUT2D eigenvalue weighted by Crippen LogP contribution is 2.61. The second-order valence-corrected chi connectivity index (χ2v) is 13.3. The van der Waals surface area contributed by atoms with Crippen molar-refractivity contribution in [1.82, 2.24) is 20.2 Å². The van der Waals surface area contributed by atoms with Crippen molar-refractivity contribution in [2.75, 3.05) is 6.54 Å². The molecule has 0 aromatic carbocycles. The maximum atomic E-state index is 13.5. The molecule has 0 N–H and O–H groups in total. The number of allylic oxidation sites excluding steroid dienone is 7. The molecule has 5 aliphatic rings. The van der Waals surface area contributed by atoms with E-state index in [1.165, 1.54) is 70.6 Å². The van der Waals surface area contributed by atoms with E-state index in [0.717, 1.165) is 43.9 Å². The second kappa shape index (κ2) is 13.0. The number of nitrogens with zero attached hydrogens (tertiary/aromatic N) is 4. The van der Waals surface area contributed by atoms with E-state index in [0.29, 0.717) is 24.1 Å². The van der Waals surface area contributed by atoms with Crippen LogP contribution < -0.4 is 0 Å². The Balaban J connectivity index is 1.00. The van der Waals surface area contributed by atoms with Crippen LogP contribution in [0.4, 0.5) is 4.79 Å². The zero-order chi connectivity index (χ0) is 28.1. The van der Waals surface area contributed by atoms with Crippen molar-refractivity contribution in [3.63, 3.8) is 0 Å². The Morgan fingerprint density at radius 1 is 1.00 bits per heavy atom. The van der Waals surface area contributed by atoms with Gasteiger partial charge in [-0.1, -0.05) is 102 Å². The van der Waals surface area contributed by atoms with Crippen LogP contribution in [0.3, 0.4) is 0 Å². The lowest BCUT2D eigenvalue weighted by Crippen LogP contribution is -2.42. The monoisotopic (exact) mass is 560 g/mol. The highest BCUT2D eigenvalue weighted by molar-refractivity contribution is 5.77. The van der Waals surface area contributed by atoms with Crippen molar-refractivity contribution in [2.45, 2.75) is 122 Å². The number of unbranched alkanes of at least 4 members (excludes halogenated alkanes) is 1. The lowest BCUT2D eigenvalue weighted by Gasteiger charge is -2.34. The number of hydroxylamine groups is 2. The van der Waals surface area contributed by atoms with Crippen molar-refractivity contribution >= 4 is 6.03 Å². The van der Waals surface area contributed by atoms with Crippen molar-refractivity contribution in [2.24, 2.45) is 17.3 Å². The summed E-state index contributed by atoms with van der Waals surface area (Å²) in [5.41, 5.74) is 0.0787. The second-order valence-electron chi connectivity index (χ2n) is 13.3. The zero-order valence-corrected chi connectivity index (χ0v) is 24.9. The first-order valence-electron chi connectivity index (χ1n) is 16.4. The molecule has 3 heterocycles. The molecule has 41 heavy (non-hydrogen) atoms. The number of fused-ring (bicyclic) bond motifs is 3. The number of hydrogen-bond donors (Lipinski definition) is 0. The van der Waals surface area contributed by atoms with Gasteiger partial charge in [-0.3, -0.25) is 0 Å². The summed E-state index contributed by atoms with van der Waals surface area (Å²) in [4.78, 5) is 21.6. The van der Waals surface area contributed by atoms with Gasteiger partial charge in [0.25, 0.3) is 0 Å². The molecule has 2 saturated heterocycles. The van der Waals surface area contributed by atoms with Gasteiger partial charge < -0.3 is 14.2 Å². The van der Waals surface area contributed by atoms with Crippen molar-refractivity contribution in [3.8, 4) is 0 Å². The van der Waals surface area contributed by atoms with E-state index < -0.39 is 0 Å². The Bertz CT molecular complexity index is 1150. The fourth-order valence-corrected chi connectivity index (χ4v) is 7.59. The van der Waals surface area contributed by atoms with Crippen LogP contribution in [0.2, 0.25) is 0 Å². The lowest BCUT2D eigenvalue weighted by molar-refractivity contribution is -0.101. The summed E-state index contributed by atoms with van der Waals surface area (Å²) in [5, 5.41) is 10.5. The molecule has 3 atom stereocenters. The molecule has 2 amide bonds. The van der Waals surface area contributed by atoms with Gasteiger partial charge in [0, 0.05) is 13.0 Å². The summed E-state index contributed by atoms with van der Waals surface area (Å²) in [6.07, 6.45) is 33.8. The number of hydrogen-bond acceptors (Lipinski definition) is 5. The Morgan fingerprint density at radius 3 is 2.56 bits per heavy atom. The third kappa shape index (κ3) is 6.81. The molecule has 4 fully saturated rings. The Hall–Kier alpha value is -2.83. The molecule has 0 radical (unpaired) electrons. The van der Waals surface area contributed by atoms with Crippen LogP contribution in [0.25, 0.3) is 0 Å². The van der Waals surface area contributed by atoms with Gasteiger partial charge in [0.15, 0.2) is 5.76 Å². The summed E-state index contributed by atoms with van der Waals surface area (Å²) in [7, 11) is 0. The van der Waals surface area contributed by atoms with E-state index in [4.69, 9.17) is 9.25 Å². The van der Waals surface area contributed by atoms with Crippen LogP contribution in [-0.2, 0) is 11.3 Å². The fraction of sp³-hybridized carbons (Fsp3) is 0.676. The molecule has 1 spiro atoms. The van der Waals surface area contributed by atoms with Crippen LogP contribution in [0.15, 0.2) is 52.7 Å². The minimum absolute atomic E-state index is 0.0572. The smallest absolute Gasteiger partial charge is 0.354 e. The van der Waals surface area contributed by atoms with Gasteiger partial charge in [-0.05, 0) is 61.5 Å². The van der Waals surface area contributed by atoms with Gasteiger partial charge in [-0.2, -0.15) is 5.06 Å². The SMILES string of the molecule is CC(CCCCc1nnc(C2CC3(CC3)C3CN2C(=O)N3OC2=C/C=C\C=C/C=C2)o1)CC1CCCCCCCC1. The Kier molecular flexibility index (Phi) is 8.97. The number of carbonyl (C=O) groups excluding carboxylic acids is 1. The lowest BCUT2D eigenvalue weighted by atomic mass is 9.85. The number of piperidine rings is 1. The molecule has 1 aromatic rings. The first-order chi connectivity index (χ1) is 20.1. The number of amides is 2. The average molecular weight is 561 g/mol. The van der Waals surface area contributed by atoms with Crippen molar-refractivity contribution < 1.29 is 14.0 Å². The number of rotatable bonds is 10. The predicted molar refractivity (Wildman–Crippen MR) is 159 cm³/mol. The number of aromatic nitrogens is 2. The molecular formula is C34H48N4O3. The molecule has 3 unspecified atom stereocenters. The molecule has 7 heteroatoms. The minimum Gasteiger partial charge on any atom is -0.423 e. The van der Waals surface area contributed by atoms with Gasteiger partial charge in [-0.25, -0.2) is 4.79 Å². The van der Waals surface area contributed by atoms with Gasteiger partial charge in [0.05, 0.1) is 6.04 Å². The zero-order valence-electron chi connectivity index (χ0n) is 24.9. The summed E-state index contributed by atoms with van der Waals surface area (Å²) in [6, 6.07) is -0.219. The standard InChI is InChI=1S/C34H48N4O3/c1-26(23-27-16-9-5-2-3-6-10-17-27)15-13-14-20-31-35-36-32(40-31)29-24-34(21-22-34)30-25-37(29)33(39)38(30)41-28-18-11-7-4-8-12-19-28/h4,7-8,11-12,18-19,26-27,29-30H,2-3,5-6,9-10,13-17,20-25H2,1H3/b7-4-,8-4?,11-7?,12-8-,18-11?,19-12?,28-18?,28-19?. The van der Waals surface area contributed by atoms with Crippen LogP contribution in [0, 0.1) is 17.3 Å². The van der Waals surface area contributed by atoms with E-state index in [1.54, 1.807) is 5.06 Å². The van der Waals surface area contributed by atoms with E-state index in [9.17, 15) is 4.79 Å². The summed E-state index contributed by atoms with van der Waals surface area (Å²) < 4.78 is 6.21. The number of aryl methyl sites for hydroxylation is 1. The van der Waals surface area contributed by atoms with E-state index in [-0.39, 0.29) is 23.5 Å². The third-order valence-electron chi connectivity index (χ3n) is 10.1. The molecule has 6 rings (SSSR count). The van der Waals surface area contributed by atoms with Crippen LogP contribution >= 0.6 is 0 Å². The minimum atomic E-state index is -0.172. The molecule has 2 saturated carbocycles. The first kappa shape index (κ1) is 28.3. The van der Waals surface area contributed by atoms with Crippen LogP contribution in [0.5, 0.6) is 0 Å². The van der Waals surface area contributed by atoms with E-state index in [2.05, 4.69) is 17.1 Å². The molecule has 2 aliphatic heterocycles. The predicted octanol–water partition coefficient (Wildman–Crippen LogP) is 8.39. The maximum absolute atomic E-state index is 13.5. The number of carbonyl (C=O) groups is 1. The molecule has 1 aromatic heterocycles.